The lowest BCUT2D eigenvalue weighted by molar-refractivity contribution is -0.984. The van der Waals surface area contributed by atoms with Gasteiger partial charge in [-0.3, -0.25) is 0 Å². The van der Waals surface area contributed by atoms with Crippen molar-refractivity contribution in [2.24, 2.45) is 0 Å². The Hall–Kier alpha value is -2.74. The highest BCUT2D eigenvalue weighted by molar-refractivity contribution is 5.78. The lowest BCUT2D eigenvalue weighted by Gasteiger charge is -2.14. The van der Waals surface area contributed by atoms with Crippen molar-refractivity contribution >= 4 is 23.5 Å². The molecular weight excluding hydrogens is 312 g/mol. The summed E-state index contributed by atoms with van der Waals surface area (Å²) >= 11 is 0. The summed E-state index contributed by atoms with van der Waals surface area (Å²) in [5.41, 5.74) is 5.53. The molecular formula is C17H18N2O5. The molecule has 0 aliphatic carbocycles. The fraction of sp³-hybridized carbons (Fsp3) is 0.176. The van der Waals surface area contributed by atoms with Crippen LogP contribution >= 0.6 is 0 Å². The molecule has 2 aromatic rings. The van der Waals surface area contributed by atoms with E-state index in [0.717, 1.165) is 11.1 Å². The third-order valence-electron chi connectivity index (χ3n) is 3.71. The number of rotatable bonds is 5. The molecule has 0 saturated carbocycles. The van der Waals surface area contributed by atoms with Crippen molar-refractivity contribution in [3.8, 4) is 17.2 Å². The molecule has 126 valence electrons. The SMILES string of the molecule is COc1ccc(/C=C\c2ccc3c(c2)NO[NH+]3[O-])c(OC)c1OC. The number of hydrogen-bond donors (Lipinski definition) is 2. The van der Waals surface area contributed by atoms with Gasteiger partial charge in [0.1, 0.15) is 5.69 Å². The maximum atomic E-state index is 11.4. The van der Waals surface area contributed by atoms with E-state index in [1.54, 1.807) is 27.4 Å². The second kappa shape index (κ2) is 6.79. The molecule has 1 heterocycles. The van der Waals surface area contributed by atoms with Gasteiger partial charge in [0.15, 0.2) is 17.2 Å². The number of benzene rings is 2. The van der Waals surface area contributed by atoms with Crippen molar-refractivity contribution in [3.63, 3.8) is 0 Å². The summed E-state index contributed by atoms with van der Waals surface area (Å²) in [5, 5.41) is 11.1. The molecule has 1 aliphatic rings. The van der Waals surface area contributed by atoms with E-state index in [-0.39, 0.29) is 5.23 Å². The van der Waals surface area contributed by atoms with Gasteiger partial charge in [-0.15, -0.1) is 0 Å². The molecule has 0 amide bonds. The van der Waals surface area contributed by atoms with E-state index in [4.69, 9.17) is 19.1 Å². The third kappa shape index (κ3) is 2.88. The first-order chi connectivity index (χ1) is 11.7. The van der Waals surface area contributed by atoms with Crippen molar-refractivity contribution < 1.29 is 24.4 Å². The van der Waals surface area contributed by atoms with Crippen LogP contribution < -0.4 is 24.9 Å². The maximum Gasteiger partial charge on any atom is 0.203 e. The van der Waals surface area contributed by atoms with Crippen molar-refractivity contribution in [1.29, 1.82) is 0 Å². The quantitative estimate of drug-likeness (QED) is 0.646. The Morgan fingerprint density at radius 1 is 1.00 bits per heavy atom. The van der Waals surface area contributed by atoms with E-state index < -0.39 is 0 Å². The van der Waals surface area contributed by atoms with Crippen LogP contribution in [0.2, 0.25) is 0 Å². The standard InChI is InChI=1S/C17H18N2O5/c1-21-15-9-7-12(16(22-2)17(15)23-3)6-4-11-5-8-14-13(10-11)18-24-19(14)20/h4-10,18-19H,1-3H3/b6-4-. The number of quaternary nitrogens is 1. The smallest absolute Gasteiger partial charge is 0.203 e. The molecule has 1 unspecified atom stereocenters. The third-order valence-corrected chi connectivity index (χ3v) is 3.71. The van der Waals surface area contributed by atoms with Gasteiger partial charge in [0.2, 0.25) is 5.75 Å². The van der Waals surface area contributed by atoms with E-state index in [2.05, 4.69) is 5.48 Å². The summed E-state index contributed by atoms with van der Waals surface area (Å²) in [4.78, 5) is 4.77. The highest BCUT2D eigenvalue weighted by Crippen LogP contribution is 2.40. The van der Waals surface area contributed by atoms with Crippen LogP contribution in [-0.4, -0.2) is 21.3 Å². The monoisotopic (exact) mass is 330 g/mol. The highest BCUT2D eigenvalue weighted by Gasteiger charge is 2.19. The minimum Gasteiger partial charge on any atom is -0.593 e. The van der Waals surface area contributed by atoms with E-state index >= 15 is 0 Å². The van der Waals surface area contributed by atoms with Crippen LogP contribution in [0.3, 0.4) is 0 Å². The van der Waals surface area contributed by atoms with Crippen molar-refractivity contribution in [3.05, 3.63) is 46.7 Å². The first-order valence-corrected chi connectivity index (χ1v) is 7.26. The normalized spacial score (nSPS) is 15.9. The number of ether oxygens (including phenoxy) is 3. The second-order valence-corrected chi connectivity index (χ2v) is 5.05. The molecule has 2 aromatic carbocycles. The molecule has 0 fully saturated rings. The topological polar surface area (TPSA) is 76.5 Å². The molecule has 1 aliphatic heterocycles. The molecule has 7 nitrogen and oxygen atoms in total. The summed E-state index contributed by atoms with van der Waals surface area (Å²) in [6.45, 7) is 0. The summed E-state index contributed by atoms with van der Waals surface area (Å²) in [6, 6.07) is 9.11. The Labute approximate surface area is 139 Å². The molecule has 0 bridgehead atoms. The Balaban J connectivity index is 1.92. The van der Waals surface area contributed by atoms with Crippen LogP contribution in [0.25, 0.3) is 12.2 Å². The van der Waals surface area contributed by atoms with Crippen molar-refractivity contribution in [2.45, 2.75) is 0 Å². The molecule has 1 atom stereocenters. The van der Waals surface area contributed by atoms with Crippen LogP contribution in [-0.2, 0) is 4.94 Å². The molecule has 0 saturated heterocycles. The van der Waals surface area contributed by atoms with Crippen molar-refractivity contribution in [1.82, 2.24) is 0 Å². The molecule has 0 aromatic heterocycles. The Bertz CT molecular complexity index is 776. The van der Waals surface area contributed by atoms with E-state index in [1.807, 2.05) is 36.4 Å². The van der Waals surface area contributed by atoms with Crippen LogP contribution in [0.4, 0.5) is 11.4 Å². The first-order valence-electron chi connectivity index (χ1n) is 7.26. The van der Waals surface area contributed by atoms with E-state index in [1.165, 1.54) is 0 Å². The van der Waals surface area contributed by atoms with Crippen LogP contribution in [0.1, 0.15) is 11.1 Å². The number of nitrogens with one attached hydrogen (secondary N) is 2. The molecule has 0 radical (unpaired) electrons. The molecule has 7 heteroatoms. The van der Waals surface area contributed by atoms with E-state index in [0.29, 0.717) is 28.6 Å². The number of methoxy groups -OCH3 is 3. The number of fused-ring (bicyclic) bond motifs is 1. The molecule has 3 rings (SSSR count). The zero-order valence-corrected chi connectivity index (χ0v) is 13.6. The molecule has 0 spiro atoms. The number of anilines is 1. The molecule has 2 N–H and O–H groups in total. The van der Waals surface area contributed by atoms with Gasteiger partial charge in [0.05, 0.1) is 21.3 Å². The van der Waals surface area contributed by atoms with Gasteiger partial charge in [-0.2, -0.15) is 5.23 Å². The predicted molar refractivity (Wildman–Crippen MR) is 90.2 cm³/mol. The predicted octanol–water partition coefficient (Wildman–Crippen LogP) is 2.17. The average molecular weight is 330 g/mol. The van der Waals surface area contributed by atoms with Crippen LogP contribution in [0, 0.1) is 5.21 Å². The van der Waals surface area contributed by atoms with Gasteiger partial charge in [-0.1, -0.05) is 17.1 Å². The minimum absolute atomic E-state index is 0.373. The summed E-state index contributed by atoms with van der Waals surface area (Å²) in [5.74, 6) is 1.73. The van der Waals surface area contributed by atoms with Gasteiger partial charge < -0.3 is 19.4 Å². The zero-order chi connectivity index (χ0) is 17.1. The Morgan fingerprint density at radius 3 is 2.50 bits per heavy atom. The maximum absolute atomic E-state index is 11.4. The highest BCUT2D eigenvalue weighted by atomic mass is 17.0. The second-order valence-electron chi connectivity index (χ2n) is 5.05. The lowest BCUT2D eigenvalue weighted by atomic mass is 10.1. The largest absolute Gasteiger partial charge is 0.593 e. The summed E-state index contributed by atoms with van der Waals surface area (Å²) in [7, 11) is 4.72. The lowest BCUT2D eigenvalue weighted by Crippen LogP contribution is -2.99. The molecule has 24 heavy (non-hydrogen) atoms. The fourth-order valence-corrected chi connectivity index (χ4v) is 2.53. The van der Waals surface area contributed by atoms with Gasteiger partial charge in [0, 0.05) is 11.6 Å². The van der Waals surface area contributed by atoms with Crippen LogP contribution in [0.15, 0.2) is 30.3 Å². The average Bonchev–Trinajstić information content (AvgIpc) is 2.99. The number of hydrogen-bond acceptors (Lipinski definition) is 6. The fourth-order valence-electron chi connectivity index (χ4n) is 2.53. The van der Waals surface area contributed by atoms with Gasteiger partial charge >= 0.3 is 0 Å². The zero-order valence-electron chi connectivity index (χ0n) is 13.6. The first kappa shape index (κ1) is 16.1. The van der Waals surface area contributed by atoms with Gasteiger partial charge in [0.25, 0.3) is 0 Å². The minimum atomic E-state index is -0.373. The van der Waals surface area contributed by atoms with Gasteiger partial charge in [-0.25, -0.2) is 5.48 Å². The van der Waals surface area contributed by atoms with Gasteiger partial charge in [-0.05, 0) is 29.8 Å². The Kier molecular flexibility index (Phi) is 4.57. The van der Waals surface area contributed by atoms with Crippen LogP contribution in [0.5, 0.6) is 17.2 Å². The summed E-state index contributed by atoms with van der Waals surface area (Å²) in [6.07, 6.45) is 3.81. The van der Waals surface area contributed by atoms with Crippen molar-refractivity contribution in [2.75, 3.05) is 26.8 Å². The van der Waals surface area contributed by atoms with E-state index in [9.17, 15) is 5.21 Å². The summed E-state index contributed by atoms with van der Waals surface area (Å²) < 4.78 is 16.1. The Morgan fingerprint density at radius 2 is 1.79 bits per heavy atom.